The Kier molecular flexibility index (Phi) is 3.65. The van der Waals surface area contributed by atoms with Crippen LogP contribution in [0.5, 0.6) is 0 Å². The average molecular weight is 249 g/mol. The van der Waals surface area contributed by atoms with Crippen LogP contribution >= 0.6 is 11.6 Å². The Morgan fingerprint density at radius 3 is 2.82 bits per heavy atom. The van der Waals surface area contributed by atoms with Gasteiger partial charge in [-0.05, 0) is 55.6 Å². The normalized spacial score (nSPS) is 12.9. The molecule has 1 unspecified atom stereocenters. The van der Waals surface area contributed by atoms with Gasteiger partial charge in [0.15, 0.2) is 0 Å². The summed E-state index contributed by atoms with van der Waals surface area (Å²) in [6.07, 6.45) is 0.926. The van der Waals surface area contributed by atoms with E-state index in [4.69, 9.17) is 17.3 Å². The molecule has 0 aliphatic rings. The lowest BCUT2D eigenvalue weighted by Gasteiger charge is -2.10. The van der Waals surface area contributed by atoms with Gasteiger partial charge >= 0.3 is 0 Å². The van der Waals surface area contributed by atoms with E-state index in [0.717, 1.165) is 28.0 Å². The number of nitrogens with two attached hydrogens (primary N) is 1. The van der Waals surface area contributed by atoms with Gasteiger partial charge in [0, 0.05) is 16.1 Å². The molecular weight excluding hydrogens is 232 g/mol. The third-order valence-corrected chi connectivity index (χ3v) is 3.23. The Balaban J connectivity index is 2.45. The molecule has 3 heteroatoms. The van der Waals surface area contributed by atoms with Crippen LogP contribution in [0.4, 0.5) is 0 Å². The molecule has 0 aliphatic carbocycles. The van der Waals surface area contributed by atoms with Crippen molar-refractivity contribution in [3.05, 3.63) is 40.5 Å². The van der Waals surface area contributed by atoms with Crippen LogP contribution in [0.3, 0.4) is 0 Å². The summed E-state index contributed by atoms with van der Waals surface area (Å²) in [5.74, 6) is 0.464. The van der Waals surface area contributed by atoms with E-state index in [9.17, 15) is 0 Å². The lowest BCUT2D eigenvalue weighted by Crippen LogP contribution is -2.13. The molecule has 2 nitrogen and oxygen atoms in total. The fraction of sp³-hybridized carbons (Fsp3) is 0.357. The molecule has 0 spiro atoms. The summed E-state index contributed by atoms with van der Waals surface area (Å²) in [5, 5.41) is 1.88. The number of rotatable bonds is 3. The van der Waals surface area contributed by atoms with Crippen LogP contribution < -0.4 is 5.73 Å². The van der Waals surface area contributed by atoms with Gasteiger partial charge in [-0.3, -0.25) is 4.98 Å². The van der Waals surface area contributed by atoms with Gasteiger partial charge in [0.25, 0.3) is 0 Å². The van der Waals surface area contributed by atoms with E-state index < -0.39 is 0 Å². The Morgan fingerprint density at radius 2 is 2.12 bits per heavy atom. The highest BCUT2D eigenvalue weighted by Gasteiger charge is 2.06. The van der Waals surface area contributed by atoms with Crippen molar-refractivity contribution in [2.75, 3.05) is 6.54 Å². The van der Waals surface area contributed by atoms with Crippen molar-refractivity contribution < 1.29 is 0 Å². The van der Waals surface area contributed by atoms with Crippen LogP contribution in [0.15, 0.2) is 24.3 Å². The minimum atomic E-state index is 0.464. The Morgan fingerprint density at radius 1 is 1.35 bits per heavy atom. The molecule has 2 N–H and O–H groups in total. The molecule has 0 saturated heterocycles. The van der Waals surface area contributed by atoms with E-state index in [1.54, 1.807) is 0 Å². The molecule has 0 amide bonds. The van der Waals surface area contributed by atoms with Crippen LogP contribution in [0.1, 0.15) is 18.2 Å². The number of aromatic nitrogens is 1. The quantitative estimate of drug-likeness (QED) is 0.905. The minimum absolute atomic E-state index is 0.464. The van der Waals surface area contributed by atoms with E-state index >= 15 is 0 Å². The average Bonchev–Trinajstić information content (AvgIpc) is 2.30. The summed E-state index contributed by atoms with van der Waals surface area (Å²) in [6.45, 7) is 4.93. The number of pyridine rings is 1. The molecule has 1 aromatic heterocycles. The molecule has 17 heavy (non-hydrogen) atoms. The zero-order valence-corrected chi connectivity index (χ0v) is 11.0. The summed E-state index contributed by atoms with van der Waals surface area (Å²) in [7, 11) is 0. The summed E-state index contributed by atoms with van der Waals surface area (Å²) in [6, 6.07) is 7.95. The molecule has 1 aromatic carbocycles. The topological polar surface area (TPSA) is 38.9 Å². The lowest BCUT2D eigenvalue weighted by atomic mass is 10.0. The van der Waals surface area contributed by atoms with Crippen LogP contribution in [0.25, 0.3) is 10.9 Å². The fourth-order valence-corrected chi connectivity index (χ4v) is 2.15. The van der Waals surface area contributed by atoms with Gasteiger partial charge in [-0.1, -0.05) is 18.5 Å². The van der Waals surface area contributed by atoms with Gasteiger partial charge in [0.05, 0.1) is 5.52 Å². The van der Waals surface area contributed by atoms with Crippen molar-refractivity contribution in [3.8, 4) is 0 Å². The molecule has 2 rings (SSSR count). The molecule has 90 valence electrons. The highest BCUT2D eigenvalue weighted by molar-refractivity contribution is 6.31. The second kappa shape index (κ2) is 5.03. The number of fused-ring (bicyclic) bond motifs is 1. The highest BCUT2D eigenvalue weighted by Crippen LogP contribution is 2.22. The summed E-state index contributed by atoms with van der Waals surface area (Å²) >= 11 is 5.99. The molecule has 0 aliphatic heterocycles. The first-order chi connectivity index (χ1) is 8.10. The van der Waals surface area contributed by atoms with Gasteiger partial charge in [-0.2, -0.15) is 0 Å². The van der Waals surface area contributed by atoms with Crippen LogP contribution in [-0.2, 0) is 6.42 Å². The van der Waals surface area contributed by atoms with Gasteiger partial charge in [0.2, 0.25) is 0 Å². The number of halogens is 1. The SMILES string of the molecule is Cc1cc(CC(C)CN)nc2ccc(Cl)cc12. The zero-order valence-electron chi connectivity index (χ0n) is 10.2. The maximum atomic E-state index is 5.99. The largest absolute Gasteiger partial charge is 0.330 e. The molecule has 0 fully saturated rings. The Bertz CT molecular complexity index is 537. The molecule has 0 bridgehead atoms. The van der Waals surface area contributed by atoms with E-state index in [2.05, 4.69) is 24.9 Å². The van der Waals surface area contributed by atoms with Crippen molar-refractivity contribution >= 4 is 22.5 Å². The molecule has 2 aromatic rings. The standard InChI is InChI=1S/C14H17ClN2/c1-9(8-16)5-12-6-10(2)13-7-11(15)3-4-14(13)17-12/h3-4,6-7,9H,5,8,16H2,1-2H3. The summed E-state index contributed by atoms with van der Waals surface area (Å²) in [5.41, 5.74) is 8.98. The van der Waals surface area contributed by atoms with Gasteiger partial charge < -0.3 is 5.73 Å². The zero-order chi connectivity index (χ0) is 12.4. The lowest BCUT2D eigenvalue weighted by molar-refractivity contribution is 0.585. The van der Waals surface area contributed by atoms with Gasteiger partial charge in [-0.25, -0.2) is 0 Å². The van der Waals surface area contributed by atoms with E-state index in [0.29, 0.717) is 12.5 Å². The maximum absolute atomic E-state index is 5.99. The Hall–Kier alpha value is -1.12. The van der Waals surface area contributed by atoms with E-state index in [-0.39, 0.29) is 0 Å². The van der Waals surface area contributed by atoms with Crippen molar-refractivity contribution in [1.29, 1.82) is 0 Å². The predicted octanol–water partition coefficient (Wildman–Crippen LogP) is 3.33. The van der Waals surface area contributed by atoms with Gasteiger partial charge in [0.1, 0.15) is 0 Å². The van der Waals surface area contributed by atoms with Gasteiger partial charge in [-0.15, -0.1) is 0 Å². The third kappa shape index (κ3) is 2.76. The first-order valence-corrected chi connectivity index (χ1v) is 6.24. The maximum Gasteiger partial charge on any atom is 0.0709 e. The number of hydrogen-bond donors (Lipinski definition) is 1. The minimum Gasteiger partial charge on any atom is -0.330 e. The highest BCUT2D eigenvalue weighted by atomic mass is 35.5. The summed E-state index contributed by atoms with van der Waals surface area (Å²) < 4.78 is 0. The molecule has 0 saturated carbocycles. The third-order valence-electron chi connectivity index (χ3n) is 2.99. The van der Waals surface area contributed by atoms with Crippen molar-refractivity contribution in [1.82, 2.24) is 4.98 Å². The van der Waals surface area contributed by atoms with Crippen LogP contribution in [-0.4, -0.2) is 11.5 Å². The Labute approximate surface area is 107 Å². The molecular formula is C14H17ClN2. The van der Waals surface area contributed by atoms with Crippen LogP contribution in [0, 0.1) is 12.8 Å². The van der Waals surface area contributed by atoms with Crippen molar-refractivity contribution in [2.45, 2.75) is 20.3 Å². The first kappa shape index (κ1) is 12.3. The van der Waals surface area contributed by atoms with E-state index in [1.807, 2.05) is 18.2 Å². The van der Waals surface area contributed by atoms with Crippen molar-refractivity contribution in [3.63, 3.8) is 0 Å². The second-order valence-corrected chi connectivity index (χ2v) is 5.07. The second-order valence-electron chi connectivity index (χ2n) is 4.64. The fourth-order valence-electron chi connectivity index (χ4n) is 1.98. The smallest absolute Gasteiger partial charge is 0.0709 e. The van der Waals surface area contributed by atoms with E-state index in [1.165, 1.54) is 5.56 Å². The number of hydrogen-bond acceptors (Lipinski definition) is 2. The molecule has 0 radical (unpaired) electrons. The molecule has 1 heterocycles. The number of aryl methyl sites for hydroxylation is 1. The molecule has 1 atom stereocenters. The number of benzene rings is 1. The van der Waals surface area contributed by atoms with Crippen molar-refractivity contribution in [2.24, 2.45) is 11.7 Å². The number of nitrogens with zero attached hydrogens (tertiary/aromatic N) is 1. The first-order valence-electron chi connectivity index (χ1n) is 5.86. The van der Waals surface area contributed by atoms with Crippen LogP contribution in [0.2, 0.25) is 5.02 Å². The summed E-state index contributed by atoms with van der Waals surface area (Å²) in [4.78, 5) is 4.65. The monoisotopic (exact) mass is 248 g/mol. The predicted molar refractivity (Wildman–Crippen MR) is 73.4 cm³/mol.